The molecule has 0 saturated carbocycles. The Bertz CT molecular complexity index is 3280. The molecule has 2 heteroatoms. The Hall–Kier alpha value is -6.90. The highest BCUT2D eigenvalue weighted by Crippen LogP contribution is 2.51. The Labute approximate surface area is 319 Å². The second-order valence-corrected chi connectivity index (χ2v) is 15.7. The maximum Gasteiger partial charge on any atom is 0.143 e. The van der Waals surface area contributed by atoms with Gasteiger partial charge in [0.25, 0.3) is 0 Å². The molecule has 1 aromatic heterocycles. The Balaban J connectivity index is 0.952. The van der Waals surface area contributed by atoms with Crippen LogP contribution in [-0.2, 0) is 5.41 Å². The molecule has 0 N–H and O–H groups in total. The molecule has 1 heterocycles. The third kappa shape index (κ3) is 4.25. The molecular formula is C53H35NO. The monoisotopic (exact) mass is 701 g/mol. The van der Waals surface area contributed by atoms with E-state index in [0.29, 0.717) is 0 Å². The van der Waals surface area contributed by atoms with Crippen LogP contribution in [0.5, 0.6) is 0 Å². The lowest BCUT2D eigenvalue weighted by molar-refractivity contribution is 0.660. The van der Waals surface area contributed by atoms with Crippen molar-refractivity contribution in [1.82, 2.24) is 0 Å². The summed E-state index contributed by atoms with van der Waals surface area (Å²) in [5, 5.41) is 10.2. The normalized spacial score (nSPS) is 13.4. The van der Waals surface area contributed by atoms with Gasteiger partial charge in [-0.15, -0.1) is 0 Å². The third-order valence-electron chi connectivity index (χ3n) is 12.4. The van der Waals surface area contributed by atoms with Gasteiger partial charge in [0.2, 0.25) is 0 Å². The van der Waals surface area contributed by atoms with E-state index >= 15 is 0 Å². The summed E-state index contributed by atoms with van der Waals surface area (Å²) < 4.78 is 6.79. The number of nitrogens with zero attached hydrogens (tertiary/aromatic N) is 1. The number of para-hydroxylation sites is 1. The largest absolute Gasteiger partial charge is 0.455 e. The standard InChI is InChI=1S/C53H35NO/c1-53(2)45-17-7-6-15-41(45)42-26-25-39(31-46(42)53)54(37-13-4-3-5-14-37)38-23-20-32(21-24-38)35-11-8-12-36(30-35)40-27-28-44-43-16-9-10-33-18-19-34-22-29-47-51(49(34)48(33)43)50(44)52(40)55-47/h3-31H,1-2H3. The molecule has 0 unspecified atom stereocenters. The van der Waals surface area contributed by atoms with Crippen molar-refractivity contribution in [1.29, 1.82) is 0 Å². The Kier molecular flexibility index (Phi) is 6.15. The van der Waals surface area contributed by atoms with Crippen LogP contribution in [0.15, 0.2) is 180 Å². The summed E-state index contributed by atoms with van der Waals surface area (Å²) in [7, 11) is 0. The first-order valence-electron chi connectivity index (χ1n) is 19.2. The molecular weight excluding hydrogens is 667 g/mol. The molecule has 2 nitrogen and oxygen atoms in total. The lowest BCUT2D eigenvalue weighted by atomic mass is 9.82. The second-order valence-electron chi connectivity index (χ2n) is 15.7. The maximum atomic E-state index is 6.79. The zero-order chi connectivity index (χ0) is 36.4. The summed E-state index contributed by atoms with van der Waals surface area (Å²) in [5.74, 6) is 0. The zero-order valence-electron chi connectivity index (χ0n) is 30.6. The van der Waals surface area contributed by atoms with Crippen molar-refractivity contribution in [3.05, 3.63) is 187 Å². The van der Waals surface area contributed by atoms with Crippen LogP contribution in [0.25, 0.3) is 87.6 Å². The minimum atomic E-state index is -0.0742. The van der Waals surface area contributed by atoms with Crippen LogP contribution >= 0.6 is 0 Å². The molecule has 11 aromatic rings. The van der Waals surface area contributed by atoms with Crippen molar-refractivity contribution in [3.8, 4) is 33.4 Å². The average Bonchev–Trinajstić information content (AvgIpc) is 3.74. The molecule has 0 aliphatic heterocycles. The number of hydrogen-bond donors (Lipinski definition) is 0. The molecule has 1 aliphatic carbocycles. The molecule has 10 aromatic carbocycles. The summed E-state index contributed by atoms with van der Waals surface area (Å²) in [5.41, 5.74) is 15.3. The number of fused-ring (bicyclic) bond motifs is 4. The Morgan fingerprint density at radius 2 is 1.07 bits per heavy atom. The van der Waals surface area contributed by atoms with Crippen LogP contribution in [0.3, 0.4) is 0 Å². The third-order valence-corrected chi connectivity index (χ3v) is 12.4. The predicted molar refractivity (Wildman–Crippen MR) is 232 cm³/mol. The molecule has 0 saturated heterocycles. The van der Waals surface area contributed by atoms with Gasteiger partial charge in [0.15, 0.2) is 0 Å². The molecule has 0 amide bonds. The van der Waals surface area contributed by atoms with Gasteiger partial charge >= 0.3 is 0 Å². The fourth-order valence-corrected chi connectivity index (χ4v) is 9.76. The van der Waals surface area contributed by atoms with E-state index in [-0.39, 0.29) is 5.41 Å². The summed E-state index contributed by atoms with van der Waals surface area (Å²) in [6.45, 7) is 4.69. The van der Waals surface area contributed by atoms with E-state index in [1.54, 1.807) is 0 Å². The van der Waals surface area contributed by atoms with Crippen LogP contribution in [0, 0.1) is 0 Å². The van der Waals surface area contributed by atoms with Gasteiger partial charge in [-0.25, -0.2) is 0 Å². The quantitative estimate of drug-likeness (QED) is 0.131. The van der Waals surface area contributed by atoms with Crippen LogP contribution in [0.2, 0.25) is 0 Å². The zero-order valence-corrected chi connectivity index (χ0v) is 30.6. The first-order valence-corrected chi connectivity index (χ1v) is 19.2. The molecule has 0 atom stereocenters. The lowest BCUT2D eigenvalue weighted by Crippen LogP contribution is -2.16. The van der Waals surface area contributed by atoms with Crippen molar-refractivity contribution < 1.29 is 4.42 Å². The van der Waals surface area contributed by atoms with E-state index in [1.807, 2.05) is 0 Å². The van der Waals surface area contributed by atoms with Gasteiger partial charge in [0.1, 0.15) is 11.2 Å². The van der Waals surface area contributed by atoms with Crippen LogP contribution in [-0.4, -0.2) is 0 Å². The van der Waals surface area contributed by atoms with Gasteiger partial charge < -0.3 is 9.32 Å². The summed E-state index contributed by atoms with van der Waals surface area (Å²) in [6.07, 6.45) is 0. The predicted octanol–water partition coefficient (Wildman–Crippen LogP) is 15.0. The van der Waals surface area contributed by atoms with Crippen LogP contribution < -0.4 is 4.90 Å². The average molecular weight is 702 g/mol. The van der Waals surface area contributed by atoms with Gasteiger partial charge in [-0.1, -0.05) is 135 Å². The fourth-order valence-electron chi connectivity index (χ4n) is 9.76. The number of hydrogen-bond acceptors (Lipinski definition) is 2. The molecule has 12 rings (SSSR count). The summed E-state index contributed by atoms with van der Waals surface area (Å²) in [4.78, 5) is 2.37. The number of benzene rings is 10. The molecule has 55 heavy (non-hydrogen) atoms. The first-order chi connectivity index (χ1) is 27.0. The van der Waals surface area contributed by atoms with Gasteiger partial charge in [-0.05, 0) is 120 Å². The first kappa shape index (κ1) is 30.6. The molecule has 0 fully saturated rings. The number of anilines is 3. The second kappa shape index (κ2) is 11.1. The molecule has 1 aliphatic rings. The van der Waals surface area contributed by atoms with Gasteiger partial charge in [0.05, 0.1) is 0 Å². The smallest absolute Gasteiger partial charge is 0.143 e. The van der Waals surface area contributed by atoms with E-state index in [1.165, 1.54) is 76.5 Å². The van der Waals surface area contributed by atoms with Crippen LogP contribution in [0.1, 0.15) is 25.0 Å². The topological polar surface area (TPSA) is 16.4 Å². The Morgan fingerprint density at radius 1 is 0.400 bits per heavy atom. The van der Waals surface area contributed by atoms with Gasteiger partial charge in [0, 0.05) is 44.2 Å². The van der Waals surface area contributed by atoms with Crippen molar-refractivity contribution >= 4 is 71.3 Å². The van der Waals surface area contributed by atoms with E-state index in [2.05, 4.69) is 195 Å². The lowest BCUT2D eigenvalue weighted by Gasteiger charge is -2.28. The fraction of sp³-hybridized carbons (Fsp3) is 0.0566. The minimum absolute atomic E-state index is 0.0742. The van der Waals surface area contributed by atoms with Crippen molar-refractivity contribution in [2.45, 2.75) is 19.3 Å². The molecule has 0 bridgehead atoms. The summed E-state index contributed by atoms with van der Waals surface area (Å²) >= 11 is 0. The maximum absolute atomic E-state index is 6.79. The van der Waals surface area contributed by atoms with Crippen molar-refractivity contribution in [3.63, 3.8) is 0 Å². The van der Waals surface area contributed by atoms with Crippen LogP contribution in [0.4, 0.5) is 17.1 Å². The van der Waals surface area contributed by atoms with E-state index < -0.39 is 0 Å². The SMILES string of the molecule is CC1(C)c2ccccc2-c2ccc(N(c3ccccc3)c3ccc(-c4cccc(-c5ccc6c7cccc8ccc9ccc%10oc5c6c%10c9c87)c4)cc3)cc21. The van der Waals surface area contributed by atoms with Crippen molar-refractivity contribution in [2.75, 3.05) is 4.90 Å². The highest BCUT2D eigenvalue weighted by atomic mass is 16.3. The highest BCUT2D eigenvalue weighted by Gasteiger charge is 2.35. The minimum Gasteiger partial charge on any atom is -0.455 e. The van der Waals surface area contributed by atoms with Gasteiger partial charge in [-0.2, -0.15) is 0 Å². The molecule has 258 valence electrons. The van der Waals surface area contributed by atoms with E-state index in [0.717, 1.165) is 39.4 Å². The van der Waals surface area contributed by atoms with E-state index in [4.69, 9.17) is 4.42 Å². The molecule has 0 spiro atoms. The van der Waals surface area contributed by atoms with Crippen molar-refractivity contribution in [2.24, 2.45) is 0 Å². The van der Waals surface area contributed by atoms with Gasteiger partial charge in [-0.3, -0.25) is 0 Å². The number of furan rings is 1. The Morgan fingerprint density at radius 3 is 1.95 bits per heavy atom. The molecule has 0 radical (unpaired) electrons. The van der Waals surface area contributed by atoms with E-state index in [9.17, 15) is 0 Å². The summed E-state index contributed by atoms with van der Waals surface area (Å²) in [6, 6.07) is 64.5. The number of rotatable bonds is 5. The highest BCUT2D eigenvalue weighted by molar-refractivity contribution is 6.40.